The zero-order valence-electron chi connectivity index (χ0n) is 10.7. The highest BCUT2D eigenvalue weighted by Crippen LogP contribution is 2.32. The van der Waals surface area contributed by atoms with Crippen LogP contribution in [0.3, 0.4) is 0 Å². The van der Waals surface area contributed by atoms with E-state index in [1.807, 2.05) is 0 Å². The minimum absolute atomic E-state index is 0.389. The summed E-state index contributed by atoms with van der Waals surface area (Å²) in [7, 11) is 0. The largest absolute Gasteiger partial charge is 0.396 e. The van der Waals surface area contributed by atoms with Gasteiger partial charge < -0.3 is 5.11 Å². The van der Waals surface area contributed by atoms with Gasteiger partial charge in [-0.15, -0.1) is 0 Å². The van der Waals surface area contributed by atoms with E-state index in [2.05, 4.69) is 11.8 Å². The van der Waals surface area contributed by atoms with Crippen LogP contribution in [0.2, 0.25) is 0 Å². The van der Waals surface area contributed by atoms with Crippen molar-refractivity contribution < 1.29 is 5.11 Å². The Morgan fingerprint density at radius 2 is 1.94 bits per heavy atom. The highest BCUT2D eigenvalue weighted by atomic mass is 16.3. The summed E-state index contributed by atoms with van der Waals surface area (Å²) in [5, 5.41) is 9.30. The second-order valence-corrected chi connectivity index (χ2v) is 5.71. The molecule has 1 saturated heterocycles. The molecule has 1 saturated carbocycles. The fourth-order valence-electron chi connectivity index (χ4n) is 3.69. The maximum absolute atomic E-state index is 9.30. The maximum Gasteiger partial charge on any atom is 0.0471 e. The summed E-state index contributed by atoms with van der Waals surface area (Å²) < 4.78 is 0. The normalized spacial score (nSPS) is 37.5. The van der Waals surface area contributed by atoms with Crippen LogP contribution < -0.4 is 0 Å². The Labute approximate surface area is 100 Å². The summed E-state index contributed by atoms with van der Waals surface area (Å²) in [5.41, 5.74) is 0. The molecule has 2 aliphatic rings. The predicted molar refractivity (Wildman–Crippen MR) is 67.4 cm³/mol. The predicted octanol–water partition coefficient (Wildman–Crippen LogP) is 2.66. The van der Waals surface area contributed by atoms with E-state index in [9.17, 15) is 5.11 Å². The van der Waals surface area contributed by atoms with Crippen molar-refractivity contribution >= 4 is 0 Å². The van der Waals surface area contributed by atoms with Crippen LogP contribution in [-0.4, -0.2) is 35.7 Å². The van der Waals surface area contributed by atoms with Crippen LogP contribution in [0.15, 0.2) is 0 Å². The van der Waals surface area contributed by atoms with E-state index < -0.39 is 0 Å². The molecule has 0 bridgehead atoms. The summed E-state index contributed by atoms with van der Waals surface area (Å²) in [6, 6.07) is 0.827. The Hall–Kier alpha value is -0.0800. The van der Waals surface area contributed by atoms with Gasteiger partial charge in [0.15, 0.2) is 0 Å². The highest BCUT2D eigenvalue weighted by Gasteiger charge is 2.31. The van der Waals surface area contributed by atoms with Crippen LogP contribution in [-0.2, 0) is 0 Å². The molecular weight excluding hydrogens is 198 g/mol. The zero-order valence-corrected chi connectivity index (χ0v) is 10.7. The van der Waals surface area contributed by atoms with Crippen molar-refractivity contribution in [2.24, 2.45) is 11.8 Å². The first-order valence-electron chi connectivity index (χ1n) is 7.20. The van der Waals surface area contributed by atoms with Gasteiger partial charge in [-0.1, -0.05) is 26.2 Å². The summed E-state index contributed by atoms with van der Waals surface area (Å²) in [4.78, 5) is 2.69. The molecule has 0 aromatic heterocycles. The molecule has 3 atom stereocenters. The summed E-state index contributed by atoms with van der Waals surface area (Å²) in [6.07, 6.45) is 9.55. The molecule has 0 spiro atoms. The van der Waals surface area contributed by atoms with E-state index in [1.165, 1.54) is 51.5 Å². The molecule has 1 heterocycles. The molecular formula is C14H27NO. The van der Waals surface area contributed by atoms with Crippen molar-refractivity contribution in [3.8, 4) is 0 Å². The van der Waals surface area contributed by atoms with Gasteiger partial charge in [-0.3, -0.25) is 4.90 Å². The number of aliphatic hydroxyl groups is 1. The fraction of sp³-hybridized carbons (Fsp3) is 1.00. The van der Waals surface area contributed by atoms with Gasteiger partial charge in [-0.2, -0.15) is 0 Å². The summed E-state index contributed by atoms with van der Waals surface area (Å²) >= 11 is 0. The third-order valence-corrected chi connectivity index (χ3v) is 4.67. The second-order valence-electron chi connectivity index (χ2n) is 5.71. The molecule has 1 aliphatic carbocycles. The number of likely N-dealkylation sites (tertiary alicyclic amines) is 1. The SMILES string of the molecule is CCC1CCCCC1N1CCCC(CO)C1. The Kier molecular flexibility index (Phi) is 4.66. The number of rotatable bonds is 3. The van der Waals surface area contributed by atoms with Gasteiger partial charge in [0.1, 0.15) is 0 Å². The van der Waals surface area contributed by atoms with E-state index in [1.54, 1.807) is 0 Å². The van der Waals surface area contributed by atoms with Crippen LogP contribution in [0, 0.1) is 11.8 Å². The van der Waals surface area contributed by atoms with E-state index in [0.29, 0.717) is 12.5 Å². The fourth-order valence-corrected chi connectivity index (χ4v) is 3.69. The topological polar surface area (TPSA) is 23.5 Å². The molecule has 94 valence electrons. The summed E-state index contributed by atoms with van der Waals surface area (Å²) in [5.74, 6) is 1.47. The van der Waals surface area contributed by atoms with Gasteiger partial charge in [0.05, 0.1) is 0 Å². The van der Waals surface area contributed by atoms with Gasteiger partial charge >= 0.3 is 0 Å². The Morgan fingerprint density at radius 1 is 1.12 bits per heavy atom. The minimum atomic E-state index is 0.389. The molecule has 2 nitrogen and oxygen atoms in total. The summed E-state index contributed by atoms with van der Waals surface area (Å²) in [6.45, 7) is 5.16. The van der Waals surface area contributed by atoms with E-state index in [0.717, 1.165) is 18.5 Å². The van der Waals surface area contributed by atoms with Crippen LogP contribution in [0.1, 0.15) is 51.9 Å². The van der Waals surface area contributed by atoms with Crippen molar-refractivity contribution in [2.75, 3.05) is 19.7 Å². The molecule has 2 fully saturated rings. The number of piperidine rings is 1. The van der Waals surface area contributed by atoms with Crippen molar-refractivity contribution in [1.29, 1.82) is 0 Å². The molecule has 2 heteroatoms. The Bertz CT molecular complexity index is 207. The smallest absolute Gasteiger partial charge is 0.0471 e. The van der Waals surface area contributed by atoms with E-state index in [4.69, 9.17) is 0 Å². The van der Waals surface area contributed by atoms with Gasteiger partial charge in [-0.05, 0) is 44.1 Å². The average Bonchev–Trinajstić information content (AvgIpc) is 2.38. The minimum Gasteiger partial charge on any atom is -0.396 e. The third-order valence-electron chi connectivity index (χ3n) is 4.67. The quantitative estimate of drug-likeness (QED) is 0.798. The van der Waals surface area contributed by atoms with E-state index >= 15 is 0 Å². The zero-order chi connectivity index (χ0) is 11.4. The van der Waals surface area contributed by atoms with Gasteiger partial charge in [0.25, 0.3) is 0 Å². The number of nitrogens with zero attached hydrogens (tertiary/aromatic N) is 1. The molecule has 0 amide bonds. The molecule has 0 aromatic rings. The monoisotopic (exact) mass is 225 g/mol. The lowest BCUT2D eigenvalue weighted by atomic mass is 9.80. The first-order chi connectivity index (χ1) is 7.85. The van der Waals surface area contributed by atoms with Gasteiger partial charge in [-0.25, -0.2) is 0 Å². The van der Waals surface area contributed by atoms with Crippen molar-refractivity contribution in [2.45, 2.75) is 57.9 Å². The highest BCUT2D eigenvalue weighted by molar-refractivity contribution is 4.85. The van der Waals surface area contributed by atoms with Gasteiger partial charge in [0, 0.05) is 19.2 Å². The van der Waals surface area contributed by atoms with Crippen LogP contribution in [0.5, 0.6) is 0 Å². The van der Waals surface area contributed by atoms with Crippen molar-refractivity contribution in [3.05, 3.63) is 0 Å². The Morgan fingerprint density at radius 3 is 2.69 bits per heavy atom. The maximum atomic E-state index is 9.30. The molecule has 1 N–H and O–H groups in total. The Balaban J connectivity index is 1.93. The number of hydrogen-bond donors (Lipinski definition) is 1. The van der Waals surface area contributed by atoms with Gasteiger partial charge in [0.2, 0.25) is 0 Å². The third kappa shape index (κ3) is 2.78. The first kappa shape index (κ1) is 12.4. The lowest BCUT2D eigenvalue weighted by Gasteiger charge is -2.43. The first-order valence-corrected chi connectivity index (χ1v) is 7.20. The molecule has 16 heavy (non-hydrogen) atoms. The van der Waals surface area contributed by atoms with Crippen molar-refractivity contribution in [3.63, 3.8) is 0 Å². The van der Waals surface area contributed by atoms with Crippen LogP contribution in [0.25, 0.3) is 0 Å². The lowest BCUT2D eigenvalue weighted by Crippen LogP contribution is -2.47. The molecule has 0 radical (unpaired) electrons. The second kappa shape index (κ2) is 6.02. The van der Waals surface area contributed by atoms with E-state index in [-0.39, 0.29) is 0 Å². The van der Waals surface area contributed by atoms with Crippen molar-refractivity contribution in [1.82, 2.24) is 4.90 Å². The molecule has 0 aromatic carbocycles. The molecule has 2 rings (SSSR count). The lowest BCUT2D eigenvalue weighted by molar-refractivity contribution is 0.0433. The molecule has 3 unspecified atom stereocenters. The standard InChI is InChI=1S/C14H27NO/c1-2-13-7-3-4-8-14(13)15-9-5-6-12(10-15)11-16/h12-14,16H,2-11H2,1H3. The van der Waals surface area contributed by atoms with Crippen LogP contribution in [0.4, 0.5) is 0 Å². The van der Waals surface area contributed by atoms with Crippen LogP contribution >= 0.6 is 0 Å². The number of hydrogen-bond acceptors (Lipinski definition) is 2. The molecule has 1 aliphatic heterocycles. The average molecular weight is 225 g/mol. The number of aliphatic hydroxyl groups excluding tert-OH is 1.